The molecule has 2 nitrogen and oxygen atoms in total. The van der Waals surface area contributed by atoms with Gasteiger partial charge in [-0.05, 0) is 42.3 Å². The maximum absolute atomic E-state index is 3.57. The number of rotatable bonds is 7. The summed E-state index contributed by atoms with van der Waals surface area (Å²) in [6.45, 7) is 5.04. The lowest BCUT2D eigenvalue weighted by molar-refractivity contribution is 0.722. The van der Waals surface area contributed by atoms with Crippen molar-refractivity contribution in [3.05, 3.63) is 64.1 Å². The first-order chi connectivity index (χ1) is 10.2. The van der Waals surface area contributed by atoms with Crippen molar-refractivity contribution in [1.82, 2.24) is 5.32 Å². The van der Waals surface area contributed by atoms with Crippen molar-refractivity contribution in [2.75, 3.05) is 25.0 Å². The van der Waals surface area contributed by atoms with E-state index >= 15 is 0 Å². The third-order valence-electron chi connectivity index (χ3n) is 3.60. The minimum atomic E-state index is 0.904. The average molecular weight is 347 g/mol. The lowest BCUT2D eigenvalue weighted by Gasteiger charge is -2.23. The molecule has 2 aromatic rings. The molecular formula is C18H23BrN2. The quantitative estimate of drug-likeness (QED) is 0.806. The van der Waals surface area contributed by atoms with Gasteiger partial charge < -0.3 is 10.2 Å². The molecule has 0 heterocycles. The Morgan fingerprint density at radius 2 is 1.86 bits per heavy atom. The number of likely N-dealkylation sites (N-methyl/N-ethyl adjacent to an activating group) is 1. The molecule has 3 heteroatoms. The summed E-state index contributed by atoms with van der Waals surface area (Å²) in [7, 11) is 2.17. The smallest absolute Gasteiger partial charge is 0.0410 e. The summed E-state index contributed by atoms with van der Waals surface area (Å²) in [6, 6.07) is 17.2. The first kappa shape index (κ1) is 16.1. The van der Waals surface area contributed by atoms with Crippen molar-refractivity contribution in [1.29, 1.82) is 0 Å². The maximum atomic E-state index is 3.57. The summed E-state index contributed by atoms with van der Waals surface area (Å²) in [4.78, 5) is 2.34. The predicted octanol–water partition coefficient (Wildman–Crippen LogP) is 4.24. The van der Waals surface area contributed by atoms with Gasteiger partial charge in [0.15, 0.2) is 0 Å². The van der Waals surface area contributed by atoms with Gasteiger partial charge in [-0.1, -0.05) is 53.2 Å². The minimum absolute atomic E-state index is 0.904. The van der Waals surface area contributed by atoms with Crippen LogP contribution in [0.25, 0.3) is 0 Å². The molecule has 0 aromatic heterocycles. The fourth-order valence-electron chi connectivity index (χ4n) is 2.39. The molecule has 0 radical (unpaired) electrons. The molecule has 21 heavy (non-hydrogen) atoms. The van der Waals surface area contributed by atoms with E-state index < -0.39 is 0 Å². The molecule has 0 atom stereocenters. The second-order valence-electron chi connectivity index (χ2n) is 5.21. The fourth-order valence-corrected chi connectivity index (χ4v) is 2.80. The van der Waals surface area contributed by atoms with Gasteiger partial charge in [-0.2, -0.15) is 0 Å². The number of hydrogen-bond acceptors (Lipinski definition) is 2. The van der Waals surface area contributed by atoms with Crippen LogP contribution in [-0.2, 0) is 13.0 Å². The van der Waals surface area contributed by atoms with Crippen LogP contribution in [0.2, 0.25) is 0 Å². The van der Waals surface area contributed by atoms with Crippen molar-refractivity contribution in [2.24, 2.45) is 0 Å². The monoisotopic (exact) mass is 346 g/mol. The highest BCUT2D eigenvalue weighted by atomic mass is 79.9. The van der Waals surface area contributed by atoms with Crippen LogP contribution in [0.4, 0.5) is 5.69 Å². The van der Waals surface area contributed by atoms with Gasteiger partial charge in [0.2, 0.25) is 0 Å². The first-order valence-electron chi connectivity index (χ1n) is 7.45. The zero-order valence-electron chi connectivity index (χ0n) is 12.8. The molecule has 0 aliphatic rings. The molecule has 0 spiro atoms. The third-order valence-corrected chi connectivity index (χ3v) is 4.09. The van der Waals surface area contributed by atoms with E-state index in [-0.39, 0.29) is 0 Å². The molecule has 0 bridgehead atoms. The normalized spacial score (nSPS) is 10.6. The molecule has 2 rings (SSSR count). The molecule has 0 unspecified atom stereocenters. The Morgan fingerprint density at radius 3 is 2.57 bits per heavy atom. The average Bonchev–Trinajstić information content (AvgIpc) is 2.51. The lowest BCUT2D eigenvalue weighted by atomic mass is 10.1. The number of halogens is 1. The molecule has 0 aliphatic heterocycles. The van der Waals surface area contributed by atoms with Crippen LogP contribution in [0, 0.1) is 0 Å². The van der Waals surface area contributed by atoms with Crippen LogP contribution in [0.3, 0.4) is 0 Å². The van der Waals surface area contributed by atoms with Gasteiger partial charge in [-0.25, -0.2) is 0 Å². The van der Waals surface area contributed by atoms with Crippen LogP contribution >= 0.6 is 15.9 Å². The van der Waals surface area contributed by atoms with E-state index in [1.807, 2.05) is 0 Å². The molecule has 2 aromatic carbocycles. The molecule has 0 amide bonds. The fraction of sp³-hybridized carbons (Fsp3) is 0.333. The molecule has 0 saturated heterocycles. The Balaban J connectivity index is 2.05. The van der Waals surface area contributed by atoms with Crippen molar-refractivity contribution in [3.8, 4) is 0 Å². The van der Waals surface area contributed by atoms with Crippen LogP contribution in [-0.4, -0.2) is 20.1 Å². The summed E-state index contributed by atoms with van der Waals surface area (Å²) in [5.74, 6) is 0. The van der Waals surface area contributed by atoms with E-state index in [0.717, 1.165) is 30.5 Å². The highest BCUT2D eigenvalue weighted by Gasteiger charge is 2.08. The summed E-state index contributed by atoms with van der Waals surface area (Å²) < 4.78 is 1.13. The highest BCUT2D eigenvalue weighted by Crippen LogP contribution is 2.24. The summed E-state index contributed by atoms with van der Waals surface area (Å²) >= 11 is 3.57. The van der Waals surface area contributed by atoms with Crippen LogP contribution in [0.1, 0.15) is 18.1 Å². The molecular weight excluding hydrogens is 324 g/mol. The number of benzene rings is 2. The molecule has 0 saturated carbocycles. The van der Waals surface area contributed by atoms with Crippen molar-refractivity contribution in [2.45, 2.75) is 19.9 Å². The summed E-state index contributed by atoms with van der Waals surface area (Å²) in [6.07, 6.45) is 1.06. The van der Waals surface area contributed by atoms with Crippen molar-refractivity contribution >= 4 is 21.6 Å². The second kappa shape index (κ2) is 8.20. The standard InChI is InChI=1S/C18H23BrN2/c1-3-20-14-16-13-17(19)9-10-18(16)21(2)12-11-15-7-5-4-6-8-15/h4-10,13,20H,3,11-12,14H2,1-2H3. The molecule has 0 fully saturated rings. The van der Waals surface area contributed by atoms with Crippen molar-refractivity contribution < 1.29 is 0 Å². The number of anilines is 1. The Labute approximate surface area is 136 Å². The van der Waals surface area contributed by atoms with Crippen LogP contribution in [0.5, 0.6) is 0 Å². The van der Waals surface area contributed by atoms with E-state index in [1.165, 1.54) is 16.8 Å². The Hall–Kier alpha value is -1.32. The predicted molar refractivity (Wildman–Crippen MR) is 94.9 cm³/mol. The van der Waals surface area contributed by atoms with E-state index in [2.05, 4.69) is 88.6 Å². The van der Waals surface area contributed by atoms with E-state index in [1.54, 1.807) is 0 Å². The highest BCUT2D eigenvalue weighted by molar-refractivity contribution is 9.10. The number of nitrogens with zero attached hydrogens (tertiary/aromatic N) is 1. The van der Waals surface area contributed by atoms with Crippen molar-refractivity contribution in [3.63, 3.8) is 0 Å². The van der Waals surface area contributed by atoms with E-state index in [4.69, 9.17) is 0 Å². The summed E-state index contributed by atoms with van der Waals surface area (Å²) in [5.41, 5.74) is 4.02. The van der Waals surface area contributed by atoms with Gasteiger partial charge in [0.05, 0.1) is 0 Å². The third kappa shape index (κ3) is 4.87. The Morgan fingerprint density at radius 1 is 1.10 bits per heavy atom. The van der Waals surface area contributed by atoms with Gasteiger partial charge in [0.1, 0.15) is 0 Å². The second-order valence-corrected chi connectivity index (χ2v) is 6.13. The zero-order chi connectivity index (χ0) is 15.1. The summed E-state index contributed by atoms with van der Waals surface area (Å²) in [5, 5.41) is 3.41. The van der Waals surface area contributed by atoms with Gasteiger partial charge in [0.25, 0.3) is 0 Å². The SMILES string of the molecule is CCNCc1cc(Br)ccc1N(C)CCc1ccccc1. The van der Waals surface area contributed by atoms with Gasteiger partial charge >= 0.3 is 0 Å². The number of hydrogen-bond donors (Lipinski definition) is 1. The molecule has 0 aliphatic carbocycles. The van der Waals surface area contributed by atoms with Gasteiger partial charge in [-0.3, -0.25) is 0 Å². The molecule has 1 N–H and O–H groups in total. The topological polar surface area (TPSA) is 15.3 Å². The lowest BCUT2D eigenvalue weighted by Crippen LogP contribution is -2.23. The van der Waals surface area contributed by atoms with Crippen LogP contribution in [0.15, 0.2) is 53.0 Å². The molecule has 112 valence electrons. The van der Waals surface area contributed by atoms with Crippen LogP contribution < -0.4 is 10.2 Å². The maximum Gasteiger partial charge on any atom is 0.0410 e. The first-order valence-corrected chi connectivity index (χ1v) is 8.24. The minimum Gasteiger partial charge on any atom is -0.374 e. The van der Waals surface area contributed by atoms with E-state index in [9.17, 15) is 0 Å². The zero-order valence-corrected chi connectivity index (χ0v) is 14.4. The van der Waals surface area contributed by atoms with E-state index in [0.29, 0.717) is 0 Å². The van der Waals surface area contributed by atoms with Gasteiger partial charge in [-0.15, -0.1) is 0 Å². The number of nitrogens with one attached hydrogen (secondary N) is 1. The Bertz CT molecular complexity index is 554. The van der Waals surface area contributed by atoms with Gasteiger partial charge in [0, 0.05) is 30.3 Å². The largest absolute Gasteiger partial charge is 0.374 e. The Kier molecular flexibility index (Phi) is 6.27.